The van der Waals surface area contributed by atoms with Gasteiger partial charge >= 0.3 is 5.97 Å². The molecule has 2 aliphatic heterocycles. The molecule has 1 amide bonds. The van der Waals surface area contributed by atoms with Gasteiger partial charge in [0, 0.05) is 12.1 Å². The molecule has 1 aromatic carbocycles. The van der Waals surface area contributed by atoms with Gasteiger partial charge in [0.05, 0.1) is 6.61 Å². The van der Waals surface area contributed by atoms with E-state index >= 15 is 0 Å². The third-order valence-corrected chi connectivity index (χ3v) is 4.11. The van der Waals surface area contributed by atoms with Gasteiger partial charge in [0.15, 0.2) is 11.5 Å². The molecule has 0 unspecified atom stereocenters. The highest BCUT2D eigenvalue weighted by Gasteiger charge is 2.34. The largest absolute Gasteiger partial charge is 0.486 e. The van der Waals surface area contributed by atoms with Crippen molar-refractivity contribution in [3.05, 3.63) is 23.8 Å². The monoisotopic (exact) mass is 319 g/mol. The van der Waals surface area contributed by atoms with Crippen molar-refractivity contribution in [2.45, 2.75) is 32.2 Å². The highest BCUT2D eigenvalue weighted by atomic mass is 16.6. The number of piperidine rings is 1. The van der Waals surface area contributed by atoms with Gasteiger partial charge in [0.25, 0.3) is 5.91 Å². The highest BCUT2D eigenvalue weighted by Crippen LogP contribution is 2.32. The minimum Gasteiger partial charge on any atom is -0.486 e. The summed E-state index contributed by atoms with van der Waals surface area (Å²) < 4.78 is 16.1. The van der Waals surface area contributed by atoms with E-state index < -0.39 is 6.04 Å². The predicted octanol–water partition coefficient (Wildman–Crippen LogP) is 2.02. The molecule has 0 N–H and O–H groups in total. The first-order valence-corrected chi connectivity index (χ1v) is 8.08. The summed E-state index contributed by atoms with van der Waals surface area (Å²) >= 11 is 0. The number of carbonyl (C=O) groups excluding carboxylic acids is 2. The third-order valence-electron chi connectivity index (χ3n) is 4.11. The van der Waals surface area contributed by atoms with Gasteiger partial charge in [0.1, 0.15) is 19.3 Å². The number of hydrogen-bond acceptors (Lipinski definition) is 5. The molecule has 6 heteroatoms. The molecule has 2 heterocycles. The summed E-state index contributed by atoms with van der Waals surface area (Å²) in [6.45, 7) is 3.64. The molecule has 3 rings (SSSR count). The van der Waals surface area contributed by atoms with E-state index in [0.29, 0.717) is 49.8 Å². The lowest BCUT2D eigenvalue weighted by Crippen LogP contribution is -2.48. The molecule has 2 aliphatic rings. The van der Waals surface area contributed by atoms with E-state index in [9.17, 15) is 9.59 Å². The summed E-state index contributed by atoms with van der Waals surface area (Å²) in [5.74, 6) is 0.734. The summed E-state index contributed by atoms with van der Waals surface area (Å²) in [7, 11) is 0. The van der Waals surface area contributed by atoms with Crippen LogP contribution in [0, 0.1) is 0 Å². The van der Waals surface area contributed by atoms with Crippen molar-refractivity contribution in [1.82, 2.24) is 4.90 Å². The van der Waals surface area contributed by atoms with Crippen molar-refractivity contribution in [1.29, 1.82) is 0 Å². The van der Waals surface area contributed by atoms with Crippen LogP contribution in [0.1, 0.15) is 36.5 Å². The lowest BCUT2D eigenvalue weighted by atomic mass is 10.0. The molecular weight excluding hydrogens is 298 g/mol. The number of likely N-dealkylation sites (tertiary alicyclic amines) is 1. The van der Waals surface area contributed by atoms with E-state index in [2.05, 4.69) is 0 Å². The average molecular weight is 319 g/mol. The lowest BCUT2D eigenvalue weighted by molar-refractivity contribution is -0.149. The van der Waals surface area contributed by atoms with Crippen LogP contribution < -0.4 is 9.47 Å². The Morgan fingerprint density at radius 1 is 1.22 bits per heavy atom. The van der Waals surface area contributed by atoms with Gasteiger partial charge in [-0.1, -0.05) is 0 Å². The van der Waals surface area contributed by atoms with E-state index in [1.54, 1.807) is 30.0 Å². The molecule has 1 atom stereocenters. The van der Waals surface area contributed by atoms with Crippen molar-refractivity contribution in [3.8, 4) is 11.5 Å². The number of esters is 1. The van der Waals surface area contributed by atoms with Crippen LogP contribution in [0.4, 0.5) is 0 Å². The van der Waals surface area contributed by atoms with Crippen LogP contribution in [0.25, 0.3) is 0 Å². The Bertz CT molecular complexity index is 601. The number of carbonyl (C=O) groups is 2. The standard InChI is InChI=1S/C17H21NO5/c1-2-21-17(20)13-5-3-4-8-18(13)16(19)12-6-7-14-15(11-12)23-10-9-22-14/h6-7,11,13H,2-5,8-10H2,1H3/t13-/m0/s1. The summed E-state index contributed by atoms with van der Waals surface area (Å²) in [5, 5.41) is 0. The predicted molar refractivity (Wildman–Crippen MR) is 82.7 cm³/mol. The molecule has 1 fully saturated rings. The van der Waals surface area contributed by atoms with Crippen molar-refractivity contribution in [3.63, 3.8) is 0 Å². The molecule has 23 heavy (non-hydrogen) atoms. The molecule has 0 radical (unpaired) electrons. The summed E-state index contributed by atoms with van der Waals surface area (Å²) in [5.41, 5.74) is 0.505. The molecule has 0 aliphatic carbocycles. The number of ether oxygens (including phenoxy) is 3. The maximum absolute atomic E-state index is 12.8. The molecule has 124 valence electrons. The summed E-state index contributed by atoms with van der Waals surface area (Å²) in [4.78, 5) is 26.6. The van der Waals surface area contributed by atoms with Crippen LogP contribution in [0.2, 0.25) is 0 Å². The Balaban J connectivity index is 1.81. The SMILES string of the molecule is CCOC(=O)[C@@H]1CCCCN1C(=O)c1ccc2c(c1)OCCO2. The molecular formula is C17H21NO5. The first-order valence-electron chi connectivity index (χ1n) is 8.08. The van der Waals surface area contributed by atoms with Gasteiger partial charge in [-0.25, -0.2) is 4.79 Å². The van der Waals surface area contributed by atoms with Crippen molar-refractivity contribution in [2.75, 3.05) is 26.4 Å². The molecule has 1 aromatic rings. The maximum atomic E-state index is 12.8. The number of nitrogens with zero attached hydrogens (tertiary/aromatic N) is 1. The second-order valence-electron chi connectivity index (χ2n) is 5.62. The van der Waals surface area contributed by atoms with Crippen molar-refractivity contribution >= 4 is 11.9 Å². The zero-order chi connectivity index (χ0) is 16.2. The normalized spacial score (nSPS) is 20.0. The second-order valence-corrected chi connectivity index (χ2v) is 5.62. The maximum Gasteiger partial charge on any atom is 0.328 e. The summed E-state index contributed by atoms with van der Waals surface area (Å²) in [6, 6.07) is 4.65. The topological polar surface area (TPSA) is 65.1 Å². The molecule has 6 nitrogen and oxygen atoms in total. The fourth-order valence-corrected chi connectivity index (χ4v) is 3.00. The van der Waals surface area contributed by atoms with Gasteiger partial charge in [0.2, 0.25) is 0 Å². The second kappa shape index (κ2) is 6.89. The zero-order valence-corrected chi connectivity index (χ0v) is 13.2. The Hall–Kier alpha value is -2.24. The Kier molecular flexibility index (Phi) is 4.69. The lowest BCUT2D eigenvalue weighted by Gasteiger charge is -2.34. The minimum absolute atomic E-state index is 0.167. The van der Waals surface area contributed by atoms with Gasteiger partial charge in [-0.3, -0.25) is 4.79 Å². The Labute approximate surface area is 135 Å². The highest BCUT2D eigenvalue weighted by molar-refractivity contribution is 5.97. The van der Waals surface area contributed by atoms with E-state index in [-0.39, 0.29) is 11.9 Å². The molecule has 0 bridgehead atoms. The number of benzene rings is 1. The van der Waals surface area contributed by atoms with Crippen LogP contribution in [0.5, 0.6) is 11.5 Å². The zero-order valence-electron chi connectivity index (χ0n) is 13.2. The molecule has 0 aromatic heterocycles. The number of hydrogen-bond donors (Lipinski definition) is 0. The number of fused-ring (bicyclic) bond motifs is 1. The number of rotatable bonds is 3. The third kappa shape index (κ3) is 3.25. The van der Waals surface area contributed by atoms with Gasteiger partial charge in [-0.15, -0.1) is 0 Å². The van der Waals surface area contributed by atoms with Gasteiger partial charge in [-0.2, -0.15) is 0 Å². The van der Waals surface area contributed by atoms with Gasteiger partial charge < -0.3 is 19.1 Å². The first kappa shape index (κ1) is 15.6. The first-order chi connectivity index (χ1) is 11.2. The van der Waals surface area contributed by atoms with Crippen LogP contribution in [0.15, 0.2) is 18.2 Å². The van der Waals surface area contributed by atoms with E-state index in [1.165, 1.54) is 0 Å². The minimum atomic E-state index is -0.496. The van der Waals surface area contributed by atoms with Crippen molar-refractivity contribution in [2.24, 2.45) is 0 Å². The van der Waals surface area contributed by atoms with Crippen LogP contribution in [-0.4, -0.2) is 49.2 Å². The fraction of sp³-hybridized carbons (Fsp3) is 0.529. The van der Waals surface area contributed by atoms with E-state index in [4.69, 9.17) is 14.2 Å². The van der Waals surface area contributed by atoms with Crippen LogP contribution >= 0.6 is 0 Å². The quantitative estimate of drug-likeness (QED) is 0.798. The molecule has 0 saturated carbocycles. The van der Waals surface area contributed by atoms with Crippen LogP contribution in [0.3, 0.4) is 0 Å². The summed E-state index contributed by atoms with van der Waals surface area (Å²) in [6.07, 6.45) is 2.47. The van der Waals surface area contributed by atoms with E-state index in [0.717, 1.165) is 12.8 Å². The Morgan fingerprint density at radius 2 is 2.00 bits per heavy atom. The molecule has 0 spiro atoms. The fourth-order valence-electron chi connectivity index (χ4n) is 3.00. The van der Waals surface area contributed by atoms with Crippen LogP contribution in [-0.2, 0) is 9.53 Å². The van der Waals surface area contributed by atoms with Crippen molar-refractivity contribution < 1.29 is 23.8 Å². The Morgan fingerprint density at radius 3 is 2.78 bits per heavy atom. The van der Waals surface area contributed by atoms with E-state index in [1.807, 2.05) is 0 Å². The smallest absolute Gasteiger partial charge is 0.328 e. The average Bonchev–Trinajstić information content (AvgIpc) is 2.61. The van der Waals surface area contributed by atoms with Gasteiger partial charge in [-0.05, 0) is 44.4 Å². The molecule has 1 saturated heterocycles. The number of amides is 1.